The molecule has 0 aliphatic carbocycles. The molecule has 14 heteroatoms. The zero-order chi connectivity index (χ0) is 35.2. The van der Waals surface area contributed by atoms with E-state index in [-0.39, 0.29) is 25.6 Å². The van der Waals surface area contributed by atoms with E-state index in [0.717, 1.165) is 16.3 Å². The van der Waals surface area contributed by atoms with Gasteiger partial charge in [0, 0.05) is 25.5 Å². The molecule has 49 heavy (non-hydrogen) atoms. The van der Waals surface area contributed by atoms with Gasteiger partial charge in [0.05, 0.1) is 24.0 Å². The summed E-state index contributed by atoms with van der Waals surface area (Å²) >= 11 is 1.43. The number of aliphatic hydroxyl groups is 1. The van der Waals surface area contributed by atoms with E-state index in [4.69, 9.17) is 13.9 Å². The predicted octanol–water partition coefficient (Wildman–Crippen LogP) is 4.46. The summed E-state index contributed by atoms with van der Waals surface area (Å²) in [5.74, 6) is -0.330. The summed E-state index contributed by atoms with van der Waals surface area (Å²) in [7, 11) is 3.75. The van der Waals surface area contributed by atoms with Crippen LogP contribution in [0, 0.1) is 5.92 Å². The average molecular weight is 693 g/mol. The van der Waals surface area contributed by atoms with Gasteiger partial charge in [-0.25, -0.2) is 19.6 Å². The van der Waals surface area contributed by atoms with Crippen LogP contribution in [0.25, 0.3) is 0 Å². The number of ether oxygens (including phenoxy) is 2. The number of benzene rings is 2. The van der Waals surface area contributed by atoms with Crippen LogP contribution >= 0.6 is 11.3 Å². The number of anilines is 1. The van der Waals surface area contributed by atoms with Crippen LogP contribution in [-0.2, 0) is 40.3 Å². The van der Waals surface area contributed by atoms with Crippen LogP contribution in [-0.4, -0.2) is 71.5 Å². The smallest absolute Gasteiger partial charge is 0.408 e. The standard InChI is InChI=1S/C35H44N6O7S/c1-23(2)31(40-35(45)46-19-27-21-49-33(38-27)41(3)4)32(43)37-26(15-24-11-7-5-8-12-24)17-30(42)29(16-25-13-9-6-10-14-25)39-34(44)47-20-28-18-36-22-48-28/h5-14,18,21-23,26,29-31,42H,15-17,19-20H2,1-4H3,(H,37,43)(H,39,44)(H,40,45)/t26-,29-,30-,31-/m0/s1. The summed E-state index contributed by atoms with van der Waals surface area (Å²) < 4.78 is 15.8. The van der Waals surface area contributed by atoms with Gasteiger partial charge in [0.1, 0.15) is 12.6 Å². The molecule has 2 aromatic carbocycles. The van der Waals surface area contributed by atoms with Crippen LogP contribution in [0.15, 0.2) is 83.1 Å². The second-order valence-corrected chi connectivity index (χ2v) is 13.0. The van der Waals surface area contributed by atoms with Gasteiger partial charge in [-0.2, -0.15) is 0 Å². The Morgan fingerprint density at radius 3 is 2.12 bits per heavy atom. The van der Waals surface area contributed by atoms with Gasteiger partial charge >= 0.3 is 12.2 Å². The molecule has 4 atom stereocenters. The molecule has 0 fully saturated rings. The number of alkyl carbamates (subject to hydrolysis) is 2. The average Bonchev–Trinajstić information content (AvgIpc) is 3.79. The van der Waals surface area contributed by atoms with E-state index in [2.05, 4.69) is 25.9 Å². The minimum absolute atomic E-state index is 0.0396. The van der Waals surface area contributed by atoms with E-state index >= 15 is 0 Å². The number of hydrogen-bond donors (Lipinski definition) is 4. The van der Waals surface area contributed by atoms with Crippen molar-refractivity contribution in [3.8, 4) is 0 Å². The summed E-state index contributed by atoms with van der Waals surface area (Å²) in [5, 5.41) is 22.7. The van der Waals surface area contributed by atoms with Crippen molar-refractivity contribution in [1.82, 2.24) is 25.9 Å². The third-order valence-corrected chi connectivity index (χ3v) is 8.65. The molecule has 2 heterocycles. The molecule has 0 unspecified atom stereocenters. The van der Waals surface area contributed by atoms with Crippen molar-refractivity contribution in [2.24, 2.45) is 5.92 Å². The van der Waals surface area contributed by atoms with Crippen molar-refractivity contribution in [3.63, 3.8) is 0 Å². The number of aromatic nitrogens is 2. The van der Waals surface area contributed by atoms with Gasteiger partial charge in [0.25, 0.3) is 0 Å². The molecular formula is C35H44N6O7S. The summed E-state index contributed by atoms with van der Waals surface area (Å²) in [5.41, 5.74) is 2.43. The number of thiazole rings is 1. The Balaban J connectivity index is 1.44. The highest BCUT2D eigenvalue weighted by Gasteiger charge is 2.30. The van der Waals surface area contributed by atoms with Crippen molar-refractivity contribution in [2.75, 3.05) is 19.0 Å². The summed E-state index contributed by atoms with van der Waals surface area (Å²) in [6, 6.07) is 16.8. The maximum Gasteiger partial charge on any atom is 0.408 e. The first kappa shape index (κ1) is 36.9. The minimum Gasteiger partial charge on any atom is -0.445 e. The van der Waals surface area contributed by atoms with Crippen LogP contribution in [0.1, 0.15) is 42.8 Å². The van der Waals surface area contributed by atoms with Gasteiger partial charge in [-0.15, -0.1) is 11.3 Å². The van der Waals surface area contributed by atoms with Crippen LogP contribution in [0.4, 0.5) is 14.7 Å². The maximum atomic E-state index is 13.7. The van der Waals surface area contributed by atoms with E-state index in [9.17, 15) is 19.5 Å². The summed E-state index contributed by atoms with van der Waals surface area (Å²) in [4.78, 5) is 49.4. The molecule has 0 saturated carbocycles. The van der Waals surface area contributed by atoms with Crippen molar-refractivity contribution in [2.45, 2.75) is 70.6 Å². The van der Waals surface area contributed by atoms with Crippen molar-refractivity contribution in [3.05, 3.63) is 101 Å². The number of aliphatic hydroxyl groups excluding tert-OH is 1. The Morgan fingerprint density at radius 2 is 1.53 bits per heavy atom. The van der Waals surface area contributed by atoms with Crippen LogP contribution in [0.5, 0.6) is 0 Å². The largest absolute Gasteiger partial charge is 0.445 e. The second-order valence-electron chi connectivity index (χ2n) is 12.1. The number of nitrogens with zero attached hydrogens (tertiary/aromatic N) is 3. The molecule has 0 saturated heterocycles. The molecule has 262 valence electrons. The van der Waals surface area contributed by atoms with Gasteiger partial charge in [0.15, 0.2) is 23.9 Å². The normalized spacial score (nSPS) is 13.5. The molecule has 4 N–H and O–H groups in total. The Kier molecular flexibility index (Phi) is 14.0. The van der Waals surface area contributed by atoms with E-state index in [1.54, 1.807) is 0 Å². The van der Waals surface area contributed by atoms with Crippen molar-refractivity contribution < 1.29 is 33.4 Å². The Labute approximate surface area is 290 Å². The lowest BCUT2D eigenvalue weighted by Gasteiger charge is -2.30. The van der Waals surface area contributed by atoms with Crippen molar-refractivity contribution >= 4 is 34.6 Å². The topological polar surface area (TPSA) is 168 Å². The molecule has 4 rings (SSSR count). The first-order valence-corrected chi connectivity index (χ1v) is 16.9. The fourth-order valence-corrected chi connectivity index (χ4v) is 5.79. The van der Waals surface area contributed by atoms with Crippen LogP contribution < -0.4 is 20.9 Å². The Morgan fingerprint density at radius 1 is 0.898 bits per heavy atom. The van der Waals surface area contributed by atoms with Crippen LogP contribution in [0.2, 0.25) is 0 Å². The number of carbonyl (C=O) groups excluding carboxylic acids is 3. The number of carbonyl (C=O) groups is 3. The Bertz CT molecular complexity index is 1580. The number of oxazole rings is 1. The van der Waals surface area contributed by atoms with Gasteiger partial charge in [-0.05, 0) is 36.3 Å². The molecule has 3 amide bonds. The molecule has 13 nitrogen and oxygen atoms in total. The fourth-order valence-electron chi connectivity index (χ4n) is 5.04. The molecule has 0 radical (unpaired) electrons. The number of nitrogens with one attached hydrogen (secondary N) is 3. The van der Waals surface area contributed by atoms with Gasteiger partial charge < -0.3 is 39.8 Å². The second kappa shape index (κ2) is 18.6. The highest BCUT2D eigenvalue weighted by molar-refractivity contribution is 7.13. The first-order chi connectivity index (χ1) is 23.6. The lowest BCUT2D eigenvalue weighted by atomic mass is 9.93. The maximum absolute atomic E-state index is 13.7. The fraction of sp³-hybridized carbons (Fsp3) is 0.400. The summed E-state index contributed by atoms with van der Waals surface area (Å²) in [6.45, 7) is 3.47. The van der Waals surface area contributed by atoms with Crippen molar-refractivity contribution in [1.29, 1.82) is 0 Å². The lowest BCUT2D eigenvalue weighted by Crippen LogP contribution is -2.54. The lowest BCUT2D eigenvalue weighted by molar-refractivity contribution is -0.125. The molecule has 0 aliphatic heterocycles. The quantitative estimate of drug-likeness (QED) is 0.124. The van der Waals surface area contributed by atoms with E-state index in [1.165, 1.54) is 23.9 Å². The van der Waals surface area contributed by atoms with Crippen LogP contribution in [0.3, 0.4) is 0 Å². The number of rotatable bonds is 17. The molecule has 2 aromatic heterocycles. The molecule has 0 spiro atoms. The third kappa shape index (κ3) is 12.2. The molecular weight excluding hydrogens is 648 g/mol. The predicted molar refractivity (Wildman–Crippen MR) is 185 cm³/mol. The van der Waals surface area contributed by atoms with Gasteiger partial charge in [0.2, 0.25) is 5.91 Å². The summed E-state index contributed by atoms with van der Waals surface area (Å²) in [6.07, 6.45) is 0.906. The molecule has 0 aliphatic rings. The van der Waals surface area contributed by atoms with Gasteiger partial charge in [-0.3, -0.25) is 4.79 Å². The highest BCUT2D eigenvalue weighted by atomic mass is 32.1. The Hall–Kier alpha value is -4.95. The minimum atomic E-state index is -1.09. The monoisotopic (exact) mass is 692 g/mol. The number of hydrogen-bond acceptors (Lipinski definition) is 11. The van der Waals surface area contributed by atoms with E-state index in [1.807, 2.05) is 98.9 Å². The zero-order valence-corrected chi connectivity index (χ0v) is 28.9. The van der Waals surface area contributed by atoms with E-state index in [0.29, 0.717) is 24.3 Å². The third-order valence-electron chi connectivity index (χ3n) is 7.59. The van der Waals surface area contributed by atoms with E-state index < -0.39 is 42.3 Å². The first-order valence-electron chi connectivity index (χ1n) is 16.0. The zero-order valence-electron chi connectivity index (χ0n) is 28.1. The number of amides is 3. The highest BCUT2D eigenvalue weighted by Crippen LogP contribution is 2.19. The molecule has 4 aromatic rings. The SMILES string of the molecule is CC(C)[C@H](NC(=O)OCc1csc(N(C)C)n1)C(=O)N[C@@H](Cc1ccccc1)C[C@H](O)[C@H](Cc1ccccc1)NC(=O)OCc1cnco1. The molecule has 0 bridgehead atoms. The van der Waals surface area contributed by atoms with Gasteiger partial charge in [-0.1, -0.05) is 74.5 Å².